The Kier molecular flexibility index (Phi) is 45.1. The Morgan fingerprint density at radius 2 is 0.774 bits per heavy atom. The minimum atomic E-state index is -1.82. The molecule has 2 atom stereocenters. The fraction of sp³-hybridized carbons (Fsp3) is 0.179. The van der Waals surface area contributed by atoms with Gasteiger partial charge in [0.05, 0.1) is 60.4 Å². The molecule has 10 rings (SSSR count). The van der Waals surface area contributed by atoms with E-state index in [1.165, 1.54) is 120 Å². The smallest absolute Gasteiger partial charge is 0.772 e. The van der Waals surface area contributed by atoms with E-state index in [1.807, 2.05) is 87.5 Å². The first-order valence-corrected chi connectivity index (χ1v) is 39.1. The van der Waals surface area contributed by atoms with Crippen LogP contribution in [0.3, 0.4) is 0 Å². The number of aliphatic hydroxyl groups is 1. The predicted octanol–water partition coefficient (Wildman–Crippen LogP) is 21.2. The average Bonchev–Trinajstić information content (AvgIpc) is 0.827. The van der Waals surface area contributed by atoms with Gasteiger partial charge in [-0.1, -0.05) is 195 Å². The second kappa shape index (κ2) is 49.2. The van der Waals surface area contributed by atoms with Crippen molar-refractivity contribution in [3.63, 3.8) is 0 Å². The third-order valence-electron chi connectivity index (χ3n) is 14.1. The zero-order chi connectivity index (χ0) is 77.7. The number of aliphatic hydroxyl groups excluding tert-OH is 1. The van der Waals surface area contributed by atoms with Crippen LogP contribution in [0.4, 0.5) is 22.0 Å². The number of alkyl halides is 3. The molecule has 0 aliphatic rings. The Morgan fingerprint density at radius 3 is 1.13 bits per heavy atom. The Bertz CT molecular complexity index is 4640. The molecule has 12 nitrogen and oxygen atoms in total. The normalized spacial score (nSPS) is 10.6. The number of hydrogen-bond acceptors (Lipinski definition) is 12. The molecule has 0 saturated carbocycles. The fourth-order valence-corrected chi connectivity index (χ4v) is 13.2. The van der Waals surface area contributed by atoms with Gasteiger partial charge >= 0.3 is 29.6 Å². The maximum Gasteiger partial charge on any atom is 1.00 e. The first-order valence-electron chi connectivity index (χ1n) is 30.2. The molecule has 558 valence electrons. The van der Waals surface area contributed by atoms with Gasteiger partial charge in [-0.25, -0.2) is 22.0 Å². The monoisotopic (exact) mass is 2060 g/mol. The SMILES string of the molecule is C.CCS(=O)[O-].COc1cc(F)ccc1Br.COc1cc(F)ccc1C(=O)c1ccc(C(Br)Br)cc1Br.COc1cc(F)ccc1C(=O)c1ccc(C)cc1Br.COc1cc(F)ccc1C(=O)c1ccc(CBr)cc1Br.COc1cc(F)ccc1C(O)c1ccc(C)cc1Br.Cc1ccc(C=O)c(Br)c1.[Na+]. The van der Waals surface area contributed by atoms with Crippen LogP contribution in [0.25, 0.3) is 0 Å². The molecule has 0 aliphatic heterocycles. The van der Waals surface area contributed by atoms with Gasteiger partial charge in [-0.2, -0.15) is 0 Å². The van der Waals surface area contributed by atoms with Crippen molar-refractivity contribution in [2.75, 3.05) is 41.3 Å². The molecule has 0 amide bonds. The molecular formula is C78H69Br9F5NaO12S. The molecule has 0 fully saturated rings. The number of aldehydes is 1. The van der Waals surface area contributed by atoms with Crippen LogP contribution in [-0.4, -0.2) is 78.8 Å². The topological polar surface area (TPSA) is 175 Å². The van der Waals surface area contributed by atoms with E-state index < -0.39 is 40.5 Å². The second-order valence-electron chi connectivity index (χ2n) is 21.3. The van der Waals surface area contributed by atoms with Gasteiger partial charge in [-0.05, 0) is 179 Å². The Labute approximate surface area is 714 Å². The van der Waals surface area contributed by atoms with Crippen molar-refractivity contribution in [1.82, 2.24) is 0 Å². The minimum Gasteiger partial charge on any atom is -0.772 e. The number of rotatable bonds is 17. The molecule has 0 heterocycles. The molecule has 10 aromatic rings. The number of carbonyl (C=O) groups is 4. The fourth-order valence-electron chi connectivity index (χ4n) is 8.77. The Morgan fingerprint density at radius 1 is 0.443 bits per heavy atom. The Balaban J connectivity index is 0.000000432. The molecule has 0 radical (unpaired) electrons. The molecule has 1 N–H and O–H groups in total. The zero-order valence-electron chi connectivity index (χ0n) is 57.6. The van der Waals surface area contributed by atoms with E-state index >= 15 is 0 Å². The van der Waals surface area contributed by atoms with E-state index in [1.54, 1.807) is 37.3 Å². The van der Waals surface area contributed by atoms with Crippen LogP contribution in [-0.2, 0) is 16.4 Å². The first kappa shape index (κ1) is 97.0. The number of methoxy groups -OCH3 is 5. The molecule has 2 unspecified atom stereocenters. The van der Waals surface area contributed by atoms with Crippen LogP contribution in [0.1, 0.15) is 121 Å². The molecule has 0 saturated heterocycles. The summed E-state index contributed by atoms with van der Waals surface area (Å²) in [5.74, 6) is -0.901. The molecule has 10 aromatic carbocycles. The van der Waals surface area contributed by atoms with Crippen LogP contribution in [0.5, 0.6) is 28.7 Å². The molecule has 28 heteroatoms. The van der Waals surface area contributed by atoms with E-state index in [0.29, 0.717) is 74.8 Å². The van der Waals surface area contributed by atoms with E-state index in [2.05, 4.69) is 143 Å². The quantitative estimate of drug-likeness (QED) is 0.0228. The summed E-state index contributed by atoms with van der Waals surface area (Å²) in [7, 11) is 7.18. The number of hydrogen-bond donors (Lipinski definition) is 1. The molecule has 0 spiro atoms. The number of aryl methyl sites for hydroxylation is 3. The number of halogens is 14. The van der Waals surface area contributed by atoms with Gasteiger partial charge in [0.15, 0.2) is 23.6 Å². The summed E-state index contributed by atoms with van der Waals surface area (Å²) in [6.07, 6.45) is -0.0331. The van der Waals surface area contributed by atoms with Gasteiger partial charge < -0.3 is 33.3 Å². The predicted molar refractivity (Wildman–Crippen MR) is 437 cm³/mol. The average molecular weight is 2070 g/mol. The number of benzene rings is 10. The third-order valence-corrected chi connectivity index (χ3v) is 20.3. The Hall–Kier alpha value is -5.08. The largest absolute Gasteiger partial charge is 1.00 e. The second-order valence-corrected chi connectivity index (χ2v) is 31.3. The van der Waals surface area contributed by atoms with E-state index in [-0.39, 0.29) is 86.9 Å². The van der Waals surface area contributed by atoms with Gasteiger partial charge in [0.2, 0.25) is 0 Å². The summed E-state index contributed by atoms with van der Waals surface area (Å²) in [6, 6.07) is 47.7. The molecule has 106 heavy (non-hydrogen) atoms. The van der Waals surface area contributed by atoms with Gasteiger partial charge in [0.25, 0.3) is 0 Å². The third kappa shape index (κ3) is 30.3. The summed E-state index contributed by atoms with van der Waals surface area (Å²) in [5.41, 5.74) is 9.80. The zero-order valence-corrected chi connectivity index (χ0v) is 74.7. The van der Waals surface area contributed by atoms with Crippen molar-refractivity contribution in [1.29, 1.82) is 0 Å². The van der Waals surface area contributed by atoms with Gasteiger partial charge in [-0.3, -0.25) is 23.4 Å². The molecule has 0 aliphatic carbocycles. The van der Waals surface area contributed by atoms with E-state index in [9.17, 15) is 55.0 Å². The van der Waals surface area contributed by atoms with Crippen LogP contribution in [0.2, 0.25) is 0 Å². The van der Waals surface area contributed by atoms with Crippen molar-refractivity contribution < 1.29 is 108 Å². The molecule has 0 aromatic heterocycles. The standard InChI is InChI=1S/C15H10Br3FO2.C15H11Br2FO2.C15H14BrFO2.C15H12BrFO2.C8H7BrO.C7H6BrFO.C2H6O2S.CH4.Na/c1-21-13-7-9(19)3-5-11(13)14(20)10-4-2-8(15(17)18)6-12(10)16;1-20-14-7-10(18)3-5-12(14)15(19)11-4-2-9(8-16)6-13(11)17;2*1-9-3-5-11(13(16)7-9)15(18)12-6-4-10(17)8-14(12)19-2;1-6-2-3-7(5-10)8(9)4-6;1-10-7-4-5(9)2-3-6(7)8;1-2-5(3)4;;/h2-7,15H,1H3;2-7H,8H2,1H3;3-8,15,18H,1-2H3;3-8H,1-2H3;2-5H,1H3;2-4H,1H3;2H2,1H3,(H,3,4);1H4;/q;;;;;;;;+1/p-1. The van der Waals surface area contributed by atoms with Gasteiger partial charge in [0.1, 0.15) is 63.9 Å². The number of carbonyl (C=O) groups excluding carboxylic acids is 4. The van der Waals surface area contributed by atoms with Crippen molar-refractivity contribution in [2.24, 2.45) is 0 Å². The summed E-state index contributed by atoms with van der Waals surface area (Å²) in [4.78, 5) is 47.8. The van der Waals surface area contributed by atoms with Crippen molar-refractivity contribution >= 4 is 178 Å². The molecule has 0 bridgehead atoms. The van der Waals surface area contributed by atoms with Crippen LogP contribution in [0, 0.1) is 49.9 Å². The van der Waals surface area contributed by atoms with Crippen molar-refractivity contribution in [3.8, 4) is 28.7 Å². The number of ether oxygens (including phenoxy) is 5. The van der Waals surface area contributed by atoms with Gasteiger partial charge in [-0.15, -0.1) is 0 Å². The van der Waals surface area contributed by atoms with Gasteiger partial charge in [0, 0.05) is 91.6 Å². The maximum atomic E-state index is 13.2. The summed E-state index contributed by atoms with van der Waals surface area (Å²) < 4.78 is 114. The minimum absolute atomic E-state index is 0. The van der Waals surface area contributed by atoms with Crippen LogP contribution in [0.15, 0.2) is 209 Å². The van der Waals surface area contributed by atoms with Crippen LogP contribution >= 0.6 is 143 Å². The first-order chi connectivity index (χ1) is 49.3. The van der Waals surface area contributed by atoms with E-state index in [0.717, 1.165) is 53.1 Å². The number of ketones is 3. The van der Waals surface area contributed by atoms with Crippen LogP contribution < -0.4 is 53.2 Å². The summed E-state index contributed by atoms with van der Waals surface area (Å²) in [5, 5.41) is 11.1. The summed E-state index contributed by atoms with van der Waals surface area (Å²) in [6.45, 7) is 7.49. The molecular weight excluding hydrogens is 2000 g/mol. The van der Waals surface area contributed by atoms with Crippen molar-refractivity contribution in [3.05, 3.63) is 316 Å². The summed E-state index contributed by atoms with van der Waals surface area (Å²) >= 11 is 28.4. The van der Waals surface area contributed by atoms with Crippen molar-refractivity contribution in [2.45, 2.75) is 50.3 Å². The maximum absolute atomic E-state index is 13.2. The van der Waals surface area contributed by atoms with E-state index in [4.69, 9.17) is 23.7 Å².